The van der Waals surface area contributed by atoms with E-state index < -0.39 is 24.9 Å². The Balaban J connectivity index is 1.93. The van der Waals surface area contributed by atoms with Crippen LogP contribution in [-0.2, 0) is 9.47 Å². The van der Waals surface area contributed by atoms with Gasteiger partial charge in [-0.1, -0.05) is 13.8 Å². The molecule has 9 heteroatoms. The number of aliphatic hydroxyl groups excluding tert-OH is 2. The average Bonchev–Trinajstić information content (AvgIpc) is 2.87. The number of hydrogen-bond donors (Lipinski definition) is 3. The zero-order chi connectivity index (χ0) is 15.9. The fourth-order valence-corrected chi connectivity index (χ4v) is 2.51. The van der Waals surface area contributed by atoms with Gasteiger partial charge in [-0.15, -0.1) is 0 Å². The van der Waals surface area contributed by atoms with Crippen LogP contribution in [0.5, 0.6) is 0 Å². The summed E-state index contributed by atoms with van der Waals surface area (Å²) in [5.74, 6) is 0.547. The predicted molar refractivity (Wildman–Crippen MR) is 76.2 cm³/mol. The third kappa shape index (κ3) is 2.63. The molecular formula is C13H19N5O4. The van der Waals surface area contributed by atoms with Gasteiger partial charge in [0.15, 0.2) is 24.0 Å². The van der Waals surface area contributed by atoms with Gasteiger partial charge in [-0.2, -0.15) is 0 Å². The smallest absolute Gasteiger partial charge is 0.203 e. The Morgan fingerprint density at radius 2 is 2.00 bits per heavy atom. The molecule has 0 spiro atoms. The molecule has 1 aliphatic rings. The number of nitrogens with two attached hydrogens (primary N) is 1. The molecule has 9 nitrogen and oxygen atoms in total. The van der Waals surface area contributed by atoms with Crippen LogP contribution in [0.2, 0.25) is 0 Å². The summed E-state index contributed by atoms with van der Waals surface area (Å²) in [6.45, 7) is 4.02. The van der Waals surface area contributed by atoms with Gasteiger partial charge >= 0.3 is 0 Å². The Bertz CT molecular complexity index is 661. The molecule has 0 bridgehead atoms. The number of rotatable bonds is 3. The molecule has 0 aromatic carbocycles. The molecule has 0 saturated carbocycles. The fraction of sp³-hybridized carbons (Fsp3) is 0.615. The molecule has 22 heavy (non-hydrogen) atoms. The van der Waals surface area contributed by atoms with E-state index >= 15 is 0 Å². The van der Waals surface area contributed by atoms with Crippen molar-refractivity contribution >= 4 is 17.0 Å². The van der Waals surface area contributed by atoms with Crippen molar-refractivity contribution in [2.24, 2.45) is 5.92 Å². The van der Waals surface area contributed by atoms with Gasteiger partial charge in [0.1, 0.15) is 17.9 Å². The second-order valence-electron chi connectivity index (χ2n) is 5.69. The van der Waals surface area contributed by atoms with Crippen LogP contribution in [-0.4, -0.2) is 48.4 Å². The molecule has 4 atom stereocenters. The SMILES string of the molecule is CC(C)CC1OC(n2cnc3c(N)ncnc32)C(O)OC1O. The Morgan fingerprint density at radius 3 is 2.73 bits per heavy atom. The molecule has 0 aliphatic carbocycles. The minimum absolute atomic E-state index is 0.244. The lowest BCUT2D eigenvalue weighted by atomic mass is 10.0. The van der Waals surface area contributed by atoms with Crippen molar-refractivity contribution in [2.75, 3.05) is 5.73 Å². The van der Waals surface area contributed by atoms with Gasteiger partial charge in [-0.25, -0.2) is 15.0 Å². The highest BCUT2D eigenvalue weighted by atomic mass is 16.7. The number of nitrogen functional groups attached to an aromatic ring is 1. The minimum atomic E-state index is -1.34. The largest absolute Gasteiger partial charge is 0.382 e. The van der Waals surface area contributed by atoms with Crippen molar-refractivity contribution in [1.29, 1.82) is 0 Å². The normalized spacial score (nSPS) is 29.3. The Hall–Kier alpha value is -1.81. The Labute approximate surface area is 126 Å². The van der Waals surface area contributed by atoms with E-state index in [0.717, 1.165) is 0 Å². The summed E-state index contributed by atoms with van der Waals surface area (Å²) >= 11 is 0. The molecule has 1 saturated heterocycles. The lowest BCUT2D eigenvalue weighted by Crippen LogP contribution is -2.47. The first-order chi connectivity index (χ1) is 10.5. The second-order valence-corrected chi connectivity index (χ2v) is 5.69. The van der Waals surface area contributed by atoms with Crippen LogP contribution >= 0.6 is 0 Å². The third-order valence-electron chi connectivity index (χ3n) is 3.52. The maximum Gasteiger partial charge on any atom is 0.203 e. The maximum absolute atomic E-state index is 10.1. The second kappa shape index (κ2) is 5.76. The highest BCUT2D eigenvalue weighted by Gasteiger charge is 2.39. The molecule has 1 fully saturated rings. The topological polar surface area (TPSA) is 129 Å². The van der Waals surface area contributed by atoms with Crippen molar-refractivity contribution in [3.8, 4) is 0 Å². The van der Waals surface area contributed by atoms with Crippen molar-refractivity contribution in [2.45, 2.75) is 45.2 Å². The molecule has 1 aliphatic heterocycles. The quantitative estimate of drug-likeness (QED) is 0.723. The molecule has 0 amide bonds. The summed E-state index contributed by atoms with van der Waals surface area (Å²) in [6, 6.07) is 0. The zero-order valence-electron chi connectivity index (χ0n) is 12.3. The van der Waals surface area contributed by atoms with Gasteiger partial charge in [-0.05, 0) is 12.3 Å². The van der Waals surface area contributed by atoms with E-state index in [1.807, 2.05) is 13.8 Å². The van der Waals surface area contributed by atoms with Crippen LogP contribution in [0.3, 0.4) is 0 Å². The molecular weight excluding hydrogens is 290 g/mol. The number of ether oxygens (including phenoxy) is 2. The summed E-state index contributed by atoms with van der Waals surface area (Å²) in [6.07, 6.45) is -0.580. The predicted octanol–water partition coefficient (Wildman–Crippen LogP) is 0.00540. The van der Waals surface area contributed by atoms with Crippen molar-refractivity contribution < 1.29 is 19.7 Å². The van der Waals surface area contributed by atoms with Crippen LogP contribution in [0.15, 0.2) is 12.7 Å². The number of fused-ring (bicyclic) bond motifs is 1. The highest BCUT2D eigenvalue weighted by molar-refractivity contribution is 5.81. The van der Waals surface area contributed by atoms with Gasteiger partial charge in [0.25, 0.3) is 0 Å². The summed E-state index contributed by atoms with van der Waals surface area (Å²) in [7, 11) is 0. The van der Waals surface area contributed by atoms with Gasteiger partial charge in [0, 0.05) is 0 Å². The zero-order valence-corrected chi connectivity index (χ0v) is 12.3. The summed E-state index contributed by atoms with van der Waals surface area (Å²) < 4.78 is 12.5. The number of anilines is 1. The van der Waals surface area contributed by atoms with E-state index in [4.69, 9.17) is 15.2 Å². The molecule has 0 radical (unpaired) electrons. The Kier molecular flexibility index (Phi) is 3.96. The monoisotopic (exact) mass is 309 g/mol. The molecule has 3 heterocycles. The van der Waals surface area contributed by atoms with E-state index in [1.165, 1.54) is 17.2 Å². The number of aliphatic hydroxyl groups is 2. The molecule has 3 rings (SSSR count). The average molecular weight is 309 g/mol. The van der Waals surface area contributed by atoms with E-state index in [-0.39, 0.29) is 5.82 Å². The lowest BCUT2D eigenvalue weighted by Gasteiger charge is -2.38. The van der Waals surface area contributed by atoms with E-state index in [9.17, 15) is 10.2 Å². The van der Waals surface area contributed by atoms with Crippen LogP contribution in [0.25, 0.3) is 11.2 Å². The van der Waals surface area contributed by atoms with Crippen molar-refractivity contribution in [3.63, 3.8) is 0 Å². The molecule has 2 aromatic rings. The molecule has 120 valence electrons. The van der Waals surface area contributed by atoms with Crippen LogP contribution in [0, 0.1) is 5.92 Å². The van der Waals surface area contributed by atoms with Gasteiger partial charge in [0.05, 0.1) is 6.33 Å². The molecule has 2 aromatic heterocycles. The Morgan fingerprint density at radius 1 is 1.23 bits per heavy atom. The summed E-state index contributed by atoms with van der Waals surface area (Å²) in [5, 5.41) is 19.9. The van der Waals surface area contributed by atoms with E-state index in [0.29, 0.717) is 23.5 Å². The summed E-state index contributed by atoms with van der Waals surface area (Å²) in [5.41, 5.74) is 6.60. The van der Waals surface area contributed by atoms with Crippen molar-refractivity contribution in [1.82, 2.24) is 19.5 Å². The molecule has 4 N–H and O–H groups in total. The van der Waals surface area contributed by atoms with Crippen LogP contribution in [0.1, 0.15) is 26.5 Å². The maximum atomic E-state index is 10.1. The lowest BCUT2D eigenvalue weighted by molar-refractivity contribution is -0.353. The first-order valence-corrected chi connectivity index (χ1v) is 7.07. The van der Waals surface area contributed by atoms with Gasteiger partial charge < -0.3 is 25.4 Å². The number of aromatic nitrogens is 4. The fourth-order valence-electron chi connectivity index (χ4n) is 2.51. The van der Waals surface area contributed by atoms with Gasteiger partial charge in [0.2, 0.25) is 6.29 Å². The van der Waals surface area contributed by atoms with Gasteiger partial charge in [-0.3, -0.25) is 4.57 Å². The number of nitrogens with zero attached hydrogens (tertiary/aromatic N) is 4. The minimum Gasteiger partial charge on any atom is -0.382 e. The van der Waals surface area contributed by atoms with E-state index in [2.05, 4.69) is 15.0 Å². The van der Waals surface area contributed by atoms with Crippen molar-refractivity contribution in [3.05, 3.63) is 12.7 Å². The molecule has 4 unspecified atom stereocenters. The van der Waals surface area contributed by atoms with E-state index in [1.54, 1.807) is 0 Å². The van der Waals surface area contributed by atoms with Crippen LogP contribution in [0.4, 0.5) is 5.82 Å². The van der Waals surface area contributed by atoms with Crippen LogP contribution < -0.4 is 5.73 Å². The number of hydrogen-bond acceptors (Lipinski definition) is 8. The first kappa shape index (κ1) is 15.1. The first-order valence-electron chi connectivity index (χ1n) is 7.07. The third-order valence-corrected chi connectivity index (χ3v) is 3.52. The summed E-state index contributed by atoms with van der Waals surface area (Å²) in [4.78, 5) is 12.1. The highest BCUT2D eigenvalue weighted by Crippen LogP contribution is 2.31. The number of imidazole rings is 1. The standard InChI is InChI=1S/C13H19N5O4/c1-6(2)3-7-12(19)22-13(20)11(21-7)18-5-17-8-9(14)15-4-16-10(8)18/h4-7,11-13,19-20H,3H2,1-2H3,(H2,14,15,16).